The fraction of sp³-hybridized carbons (Fsp3) is 0.292. The fourth-order valence-corrected chi connectivity index (χ4v) is 2.92. The fourth-order valence-electron chi connectivity index (χ4n) is 2.92. The number of carbonyl (C=O) groups excluding carboxylic acids is 1. The van der Waals surface area contributed by atoms with Crippen LogP contribution in [0.3, 0.4) is 0 Å². The Kier molecular flexibility index (Phi) is 6.67. The average Bonchev–Trinajstić information content (AvgIpc) is 2.74. The first-order valence-corrected chi connectivity index (χ1v) is 9.96. The molecule has 6 nitrogen and oxygen atoms in total. The first-order valence-electron chi connectivity index (χ1n) is 9.96. The van der Waals surface area contributed by atoms with Gasteiger partial charge < -0.3 is 10.1 Å². The first-order chi connectivity index (χ1) is 14.3. The van der Waals surface area contributed by atoms with E-state index in [-0.39, 0.29) is 36.6 Å². The Balaban J connectivity index is 1.49. The average molecular weight is 405 g/mol. The van der Waals surface area contributed by atoms with Gasteiger partial charge in [0.2, 0.25) is 0 Å². The number of carbonyl (C=O) groups is 1. The van der Waals surface area contributed by atoms with Crippen molar-refractivity contribution in [1.82, 2.24) is 15.1 Å². The van der Waals surface area contributed by atoms with Gasteiger partial charge >= 0.3 is 0 Å². The summed E-state index contributed by atoms with van der Waals surface area (Å²) in [5.41, 5.74) is 2.71. The molecule has 0 fully saturated rings. The summed E-state index contributed by atoms with van der Waals surface area (Å²) in [5, 5.41) is 7.14. The van der Waals surface area contributed by atoms with Crippen LogP contribution in [0.1, 0.15) is 26.3 Å². The van der Waals surface area contributed by atoms with E-state index in [0.717, 1.165) is 5.56 Å². The SMILES string of the molecule is CC(C)(C)c1ccc(OCC(=O)NCCn2nc(-c3ccccc3)ccc2=O)cc1. The Morgan fingerprint density at radius 2 is 1.70 bits per heavy atom. The van der Waals surface area contributed by atoms with Gasteiger partial charge in [-0.15, -0.1) is 0 Å². The molecule has 0 saturated heterocycles. The summed E-state index contributed by atoms with van der Waals surface area (Å²) in [6, 6.07) is 20.6. The normalized spacial score (nSPS) is 11.2. The third kappa shape index (κ3) is 5.80. The van der Waals surface area contributed by atoms with Gasteiger partial charge in [0.1, 0.15) is 5.75 Å². The van der Waals surface area contributed by atoms with E-state index < -0.39 is 0 Å². The van der Waals surface area contributed by atoms with Gasteiger partial charge in [0.15, 0.2) is 6.61 Å². The maximum Gasteiger partial charge on any atom is 0.266 e. The van der Waals surface area contributed by atoms with E-state index in [4.69, 9.17) is 4.74 Å². The van der Waals surface area contributed by atoms with Crippen molar-refractivity contribution in [3.63, 3.8) is 0 Å². The second-order valence-electron chi connectivity index (χ2n) is 8.06. The van der Waals surface area contributed by atoms with Crippen LogP contribution in [0.5, 0.6) is 5.75 Å². The molecule has 0 unspecified atom stereocenters. The summed E-state index contributed by atoms with van der Waals surface area (Å²) in [6.07, 6.45) is 0. The molecule has 3 rings (SSSR count). The van der Waals surface area contributed by atoms with Crippen molar-refractivity contribution in [2.75, 3.05) is 13.2 Å². The highest BCUT2D eigenvalue weighted by molar-refractivity contribution is 5.77. The Hall–Kier alpha value is -3.41. The van der Waals surface area contributed by atoms with E-state index in [1.165, 1.54) is 16.3 Å². The van der Waals surface area contributed by atoms with Gasteiger partial charge in [-0.1, -0.05) is 63.2 Å². The lowest BCUT2D eigenvalue weighted by atomic mass is 9.87. The number of hydrogen-bond acceptors (Lipinski definition) is 4. The molecule has 0 aliphatic rings. The van der Waals surface area contributed by atoms with Crippen LogP contribution in [-0.2, 0) is 16.8 Å². The van der Waals surface area contributed by atoms with Crippen LogP contribution in [0.2, 0.25) is 0 Å². The smallest absolute Gasteiger partial charge is 0.266 e. The minimum absolute atomic E-state index is 0.0693. The molecule has 1 amide bonds. The van der Waals surface area contributed by atoms with Crippen molar-refractivity contribution in [2.45, 2.75) is 32.7 Å². The molecule has 0 aliphatic carbocycles. The largest absolute Gasteiger partial charge is 0.484 e. The first kappa shape index (κ1) is 21.3. The van der Waals surface area contributed by atoms with Gasteiger partial charge in [-0.3, -0.25) is 9.59 Å². The van der Waals surface area contributed by atoms with Crippen LogP contribution in [0.4, 0.5) is 0 Å². The van der Waals surface area contributed by atoms with Crippen molar-refractivity contribution in [3.8, 4) is 17.0 Å². The summed E-state index contributed by atoms with van der Waals surface area (Å²) in [6.45, 7) is 6.92. The van der Waals surface area contributed by atoms with Crippen molar-refractivity contribution < 1.29 is 9.53 Å². The minimum Gasteiger partial charge on any atom is -0.484 e. The van der Waals surface area contributed by atoms with Gasteiger partial charge in [0.25, 0.3) is 11.5 Å². The van der Waals surface area contributed by atoms with E-state index in [1.807, 2.05) is 54.6 Å². The lowest BCUT2D eigenvalue weighted by molar-refractivity contribution is -0.123. The molecule has 30 heavy (non-hydrogen) atoms. The molecule has 0 atom stereocenters. The number of ether oxygens (including phenoxy) is 1. The number of hydrogen-bond donors (Lipinski definition) is 1. The molecule has 1 aromatic heterocycles. The molecule has 0 spiro atoms. The van der Waals surface area contributed by atoms with Crippen molar-refractivity contribution in [1.29, 1.82) is 0 Å². The van der Waals surface area contributed by atoms with E-state index >= 15 is 0 Å². The predicted octanol–water partition coefficient (Wildman–Crippen LogP) is 3.40. The molecule has 0 radical (unpaired) electrons. The standard InChI is InChI=1S/C24H27N3O3/c1-24(2,3)19-9-11-20(12-10-19)30-17-22(28)25-15-16-27-23(29)14-13-21(26-27)18-7-5-4-6-8-18/h4-14H,15-17H2,1-3H3,(H,25,28). The van der Waals surface area contributed by atoms with Gasteiger partial charge in [-0.05, 0) is 29.2 Å². The zero-order chi connectivity index (χ0) is 21.6. The molecule has 156 valence electrons. The van der Waals surface area contributed by atoms with Crippen molar-refractivity contribution in [3.05, 3.63) is 82.6 Å². The zero-order valence-corrected chi connectivity index (χ0v) is 17.6. The molecular formula is C24H27N3O3. The van der Waals surface area contributed by atoms with Crippen LogP contribution in [0.15, 0.2) is 71.5 Å². The number of aromatic nitrogens is 2. The highest BCUT2D eigenvalue weighted by atomic mass is 16.5. The molecule has 0 bridgehead atoms. The van der Waals surface area contributed by atoms with Crippen LogP contribution in [-0.4, -0.2) is 28.8 Å². The highest BCUT2D eigenvalue weighted by Crippen LogP contribution is 2.24. The highest BCUT2D eigenvalue weighted by Gasteiger charge is 2.13. The molecular weight excluding hydrogens is 378 g/mol. The van der Waals surface area contributed by atoms with E-state index in [9.17, 15) is 9.59 Å². The minimum atomic E-state index is -0.248. The van der Waals surface area contributed by atoms with Gasteiger partial charge in [0.05, 0.1) is 12.2 Å². The molecule has 3 aromatic rings. The molecule has 0 aliphatic heterocycles. The third-order valence-electron chi connectivity index (χ3n) is 4.67. The predicted molar refractivity (Wildman–Crippen MR) is 118 cm³/mol. The molecule has 6 heteroatoms. The number of nitrogens with zero attached hydrogens (tertiary/aromatic N) is 2. The molecule has 1 N–H and O–H groups in total. The van der Waals surface area contributed by atoms with Crippen molar-refractivity contribution >= 4 is 5.91 Å². The van der Waals surface area contributed by atoms with E-state index in [0.29, 0.717) is 11.4 Å². The second kappa shape index (κ2) is 9.39. The third-order valence-corrected chi connectivity index (χ3v) is 4.67. The summed E-state index contributed by atoms with van der Waals surface area (Å²) in [5.74, 6) is 0.397. The zero-order valence-electron chi connectivity index (χ0n) is 17.6. The van der Waals surface area contributed by atoms with Crippen LogP contribution in [0.25, 0.3) is 11.3 Å². The Bertz CT molecular complexity index is 1040. The van der Waals surface area contributed by atoms with Crippen LogP contribution < -0.4 is 15.6 Å². The summed E-state index contributed by atoms with van der Waals surface area (Å²) in [7, 11) is 0. The van der Waals surface area contributed by atoms with E-state index in [2.05, 4.69) is 31.2 Å². The van der Waals surface area contributed by atoms with Crippen LogP contribution >= 0.6 is 0 Å². The lowest BCUT2D eigenvalue weighted by Crippen LogP contribution is -2.34. The van der Waals surface area contributed by atoms with Crippen molar-refractivity contribution in [2.24, 2.45) is 0 Å². The number of rotatable bonds is 7. The van der Waals surface area contributed by atoms with Crippen LogP contribution in [0, 0.1) is 0 Å². The summed E-state index contributed by atoms with van der Waals surface area (Å²) < 4.78 is 6.90. The summed E-state index contributed by atoms with van der Waals surface area (Å²) in [4.78, 5) is 24.1. The number of benzene rings is 2. The quantitative estimate of drug-likeness (QED) is 0.654. The summed E-state index contributed by atoms with van der Waals surface area (Å²) >= 11 is 0. The monoisotopic (exact) mass is 405 g/mol. The maximum atomic E-state index is 12.1. The maximum absolute atomic E-state index is 12.1. The number of nitrogens with one attached hydrogen (secondary N) is 1. The Morgan fingerprint density at radius 3 is 2.37 bits per heavy atom. The van der Waals surface area contributed by atoms with Gasteiger partial charge in [-0.25, -0.2) is 4.68 Å². The Labute approximate surface area is 176 Å². The second-order valence-corrected chi connectivity index (χ2v) is 8.06. The molecule has 0 saturated carbocycles. The lowest BCUT2D eigenvalue weighted by Gasteiger charge is -2.19. The molecule has 2 aromatic carbocycles. The van der Waals surface area contributed by atoms with Gasteiger partial charge in [0, 0.05) is 18.2 Å². The van der Waals surface area contributed by atoms with Gasteiger partial charge in [-0.2, -0.15) is 5.10 Å². The Morgan fingerprint density at radius 1 is 1.00 bits per heavy atom. The number of amides is 1. The van der Waals surface area contributed by atoms with E-state index in [1.54, 1.807) is 6.07 Å². The molecule has 1 heterocycles. The topological polar surface area (TPSA) is 73.2 Å².